The van der Waals surface area contributed by atoms with E-state index in [1.54, 1.807) is 30.1 Å². The molecule has 1 heterocycles. The van der Waals surface area contributed by atoms with E-state index >= 15 is 0 Å². The predicted octanol–water partition coefficient (Wildman–Crippen LogP) is 2.35. The van der Waals surface area contributed by atoms with Crippen LogP contribution in [0.2, 0.25) is 0 Å². The Hall–Kier alpha value is -1.33. The van der Waals surface area contributed by atoms with Crippen molar-refractivity contribution >= 4 is 11.8 Å². The Morgan fingerprint density at radius 1 is 1.41 bits per heavy atom. The van der Waals surface area contributed by atoms with Crippen LogP contribution >= 0.6 is 11.8 Å². The second kappa shape index (κ2) is 5.33. The van der Waals surface area contributed by atoms with Crippen molar-refractivity contribution in [3.05, 3.63) is 48.0 Å². The Kier molecular flexibility index (Phi) is 3.81. The summed E-state index contributed by atoms with van der Waals surface area (Å²) >= 11 is 1.59. The number of thioether (sulfide) groups is 1. The second-order valence-electron chi connectivity index (χ2n) is 3.79. The molecule has 0 aliphatic rings. The summed E-state index contributed by atoms with van der Waals surface area (Å²) in [5.41, 5.74) is 6.97. The van der Waals surface area contributed by atoms with Crippen LogP contribution in [0.25, 0.3) is 0 Å². The highest BCUT2D eigenvalue weighted by molar-refractivity contribution is 7.99. The van der Waals surface area contributed by atoms with E-state index in [1.165, 1.54) is 12.1 Å². The highest BCUT2D eigenvalue weighted by atomic mass is 32.2. The van der Waals surface area contributed by atoms with Gasteiger partial charge in [0, 0.05) is 31.2 Å². The molecule has 0 saturated heterocycles. The van der Waals surface area contributed by atoms with E-state index in [0.717, 1.165) is 16.5 Å². The number of aryl methyl sites for hydroxylation is 1. The van der Waals surface area contributed by atoms with Crippen molar-refractivity contribution in [3.63, 3.8) is 0 Å². The number of nitrogens with two attached hydrogens (primary N) is 1. The predicted molar refractivity (Wildman–Crippen MR) is 67.3 cm³/mol. The van der Waals surface area contributed by atoms with Gasteiger partial charge in [0.1, 0.15) is 5.82 Å². The molecular formula is C12H14FN3S. The first kappa shape index (κ1) is 12.1. The maximum Gasteiger partial charge on any atom is 0.167 e. The number of aromatic nitrogens is 2. The van der Waals surface area contributed by atoms with Gasteiger partial charge >= 0.3 is 0 Å². The van der Waals surface area contributed by atoms with Gasteiger partial charge in [-0.3, -0.25) is 0 Å². The molecule has 5 heteroatoms. The van der Waals surface area contributed by atoms with Crippen LogP contribution < -0.4 is 5.73 Å². The molecule has 17 heavy (non-hydrogen) atoms. The lowest BCUT2D eigenvalue weighted by molar-refractivity contribution is 0.626. The maximum atomic E-state index is 12.8. The average Bonchev–Trinajstić information content (AvgIpc) is 2.73. The third kappa shape index (κ3) is 3.08. The van der Waals surface area contributed by atoms with E-state index in [1.807, 2.05) is 17.8 Å². The molecule has 2 rings (SSSR count). The molecule has 0 spiro atoms. The first-order valence-corrected chi connectivity index (χ1v) is 6.26. The molecule has 0 radical (unpaired) electrons. The van der Waals surface area contributed by atoms with E-state index in [2.05, 4.69) is 4.98 Å². The number of nitrogens with zero attached hydrogens (tertiary/aromatic N) is 2. The fraction of sp³-hybridized carbons (Fsp3) is 0.250. The van der Waals surface area contributed by atoms with Crippen LogP contribution in [-0.2, 0) is 7.05 Å². The average molecular weight is 251 g/mol. The zero-order valence-corrected chi connectivity index (χ0v) is 10.3. The van der Waals surface area contributed by atoms with Gasteiger partial charge in [0.2, 0.25) is 0 Å². The van der Waals surface area contributed by atoms with Crippen LogP contribution in [0.1, 0.15) is 11.6 Å². The fourth-order valence-electron chi connectivity index (χ4n) is 1.46. The molecule has 0 aliphatic heterocycles. The molecule has 2 N–H and O–H groups in total. The number of rotatable bonds is 4. The molecule has 0 aliphatic carbocycles. The van der Waals surface area contributed by atoms with Crippen LogP contribution in [0.15, 0.2) is 41.8 Å². The molecule has 0 bridgehead atoms. The number of imidazole rings is 1. The lowest BCUT2D eigenvalue weighted by atomic mass is 10.1. The first-order valence-electron chi connectivity index (χ1n) is 5.28. The highest BCUT2D eigenvalue weighted by Gasteiger charge is 2.08. The molecule has 2 aromatic rings. The Balaban J connectivity index is 1.95. The van der Waals surface area contributed by atoms with E-state index in [-0.39, 0.29) is 11.9 Å². The number of benzene rings is 1. The van der Waals surface area contributed by atoms with Crippen molar-refractivity contribution in [2.24, 2.45) is 12.8 Å². The van der Waals surface area contributed by atoms with Gasteiger partial charge in [-0.2, -0.15) is 0 Å². The highest BCUT2D eigenvalue weighted by Crippen LogP contribution is 2.21. The van der Waals surface area contributed by atoms with Crippen molar-refractivity contribution in [3.8, 4) is 0 Å². The third-order valence-corrected chi connectivity index (χ3v) is 3.64. The number of hydrogen-bond acceptors (Lipinski definition) is 3. The first-order chi connectivity index (χ1) is 8.16. The van der Waals surface area contributed by atoms with E-state index in [9.17, 15) is 4.39 Å². The van der Waals surface area contributed by atoms with Gasteiger partial charge in [-0.05, 0) is 17.7 Å². The zero-order chi connectivity index (χ0) is 12.3. The summed E-state index contributed by atoms with van der Waals surface area (Å²) in [4.78, 5) is 4.21. The smallest absolute Gasteiger partial charge is 0.167 e. The lowest BCUT2D eigenvalue weighted by Gasteiger charge is -2.11. The SMILES string of the molecule is Cn1ccnc1SCC(N)c1ccc(F)cc1. The van der Waals surface area contributed by atoms with E-state index in [0.29, 0.717) is 0 Å². The Morgan fingerprint density at radius 3 is 2.71 bits per heavy atom. The molecule has 3 nitrogen and oxygen atoms in total. The zero-order valence-electron chi connectivity index (χ0n) is 9.51. The molecule has 1 unspecified atom stereocenters. The van der Waals surface area contributed by atoms with Crippen LogP contribution in [0.3, 0.4) is 0 Å². The van der Waals surface area contributed by atoms with Gasteiger partial charge < -0.3 is 10.3 Å². The molecule has 1 aromatic carbocycles. The second-order valence-corrected chi connectivity index (χ2v) is 4.78. The largest absolute Gasteiger partial charge is 0.329 e. The Morgan fingerprint density at radius 2 is 2.12 bits per heavy atom. The number of hydrogen-bond donors (Lipinski definition) is 1. The summed E-state index contributed by atoms with van der Waals surface area (Å²) in [7, 11) is 1.94. The Bertz CT molecular complexity index is 481. The molecule has 0 amide bonds. The summed E-state index contributed by atoms with van der Waals surface area (Å²) in [5.74, 6) is 0.480. The van der Waals surface area contributed by atoms with Crippen LogP contribution in [0, 0.1) is 5.82 Å². The lowest BCUT2D eigenvalue weighted by Crippen LogP contribution is -2.13. The van der Waals surface area contributed by atoms with Gasteiger partial charge in [0.15, 0.2) is 5.16 Å². The summed E-state index contributed by atoms with van der Waals surface area (Å²) in [6.45, 7) is 0. The van der Waals surface area contributed by atoms with Gasteiger partial charge in [-0.25, -0.2) is 9.37 Å². The minimum atomic E-state index is -0.238. The third-order valence-electron chi connectivity index (χ3n) is 2.47. The van der Waals surface area contributed by atoms with Crippen molar-refractivity contribution in [1.29, 1.82) is 0 Å². The number of halogens is 1. The van der Waals surface area contributed by atoms with Gasteiger partial charge in [-0.15, -0.1) is 0 Å². The molecule has 90 valence electrons. The molecule has 1 atom stereocenters. The van der Waals surface area contributed by atoms with Gasteiger partial charge in [0.25, 0.3) is 0 Å². The molecule has 0 saturated carbocycles. The van der Waals surface area contributed by atoms with Crippen LogP contribution in [-0.4, -0.2) is 15.3 Å². The maximum absolute atomic E-state index is 12.8. The molecule has 0 fully saturated rings. The van der Waals surface area contributed by atoms with Crippen molar-refractivity contribution < 1.29 is 4.39 Å². The summed E-state index contributed by atoms with van der Waals surface area (Å²) in [6, 6.07) is 6.19. The van der Waals surface area contributed by atoms with E-state index < -0.39 is 0 Å². The van der Waals surface area contributed by atoms with Crippen molar-refractivity contribution in [2.75, 3.05) is 5.75 Å². The summed E-state index contributed by atoms with van der Waals surface area (Å²) in [6.07, 6.45) is 3.65. The van der Waals surface area contributed by atoms with Crippen molar-refractivity contribution in [2.45, 2.75) is 11.2 Å². The van der Waals surface area contributed by atoms with Crippen LogP contribution in [0.5, 0.6) is 0 Å². The molecule has 1 aromatic heterocycles. The monoisotopic (exact) mass is 251 g/mol. The minimum Gasteiger partial charge on any atom is -0.329 e. The van der Waals surface area contributed by atoms with Crippen molar-refractivity contribution in [1.82, 2.24) is 9.55 Å². The summed E-state index contributed by atoms with van der Waals surface area (Å²) in [5, 5.41) is 0.933. The van der Waals surface area contributed by atoms with E-state index in [4.69, 9.17) is 5.73 Å². The van der Waals surface area contributed by atoms with Gasteiger partial charge in [-0.1, -0.05) is 23.9 Å². The minimum absolute atomic E-state index is 0.114. The molecular weight excluding hydrogens is 237 g/mol. The Labute approximate surface area is 104 Å². The van der Waals surface area contributed by atoms with Gasteiger partial charge in [0.05, 0.1) is 0 Å². The fourth-order valence-corrected chi connectivity index (χ4v) is 2.38. The quantitative estimate of drug-likeness (QED) is 0.848. The van der Waals surface area contributed by atoms with Crippen LogP contribution in [0.4, 0.5) is 4.39 Å². The topological polar surface area (TPSA) is 43.8 Å². The summed E-state index contributed by atoms with van der Waals surface area (Å²) < 4.78 is 14.7. The normalized spacial score (nSPS) is 12.6. The standard InChI is InChI=1S/C12H14FN3S/c1-16-7-6-15-12(16)17-8-11(14)9-2-4-10(13)5-3-9/h2-7,11H,8,14H2,1H3.